The van der Waals surface area contributed by atoms with Gasteiger partial charge < -0.3 is 10.4 Å². The van der Waals surface area contributed by atoms with Gasteiger partial charge in [-0.25, -0.2) is 0 Å². The van der Waals surface area contributed by atoms with Gasteiger partial charge in [-0.3, -0.25) is 0 Å². The lowest BCUT2D eigenvalue weighted by Gasteiger charge is -2.20. The molecule has 2 nitrogen and oxygen atoms in total. The number of aliphatic hydroxyl groups excluding tert-OH is 1. The molecule has 0 spiro atoms. The molecule has 0 amide bonds. The first kappa shape index (κ1) is 15.9. The van der Waals surface area contributed by atoms with Crippen LogP contribution in [0.5, 0.6) is 0 Å². The Labute approximate surface area is 127 Å². The lowest BCUT2D eigenvalue weighted by molar-refractivity contribution is 0.296. The summed E-state index contributed by atoms with van der Waals surface area (Å²) in [5.41, 5.74) is 4.55. The SMILES string of the molecule is CC(NCCSCCCO)c1ccc2c(c1)CCCC2. The van der Waals surface area contributed by atoms with Crippen molar-refractivity contribution in [2.75, 3.05) is 24.7 Å². The Hall–Kier alpha value is -0.510. The van der Waals surface area contributed by atoms with Crippen molar-refractivity contribution in [3.8, 4) is 0 Å². The molecule has 0 bridgehead atoms. The highest BCUT2D eigenvalue weighted by Crippen LogP contribution is 2.24. The summed E-state index contributed by atoms with van der Waals surface area (Å²) in [6.07, 6.45) is 6.13. The smallest absolute Gasteiger partial charge is 0.0438 e. The molecule has 1 atom stereocenters. The van der Waals surface area contributed by atoms with Crippen LogP contribution in [-0.2, 0) is 12.8 Å². The van der Waals surface area contributed by atoms with Crippen molar-refractivity contribution < 1.29 is 5.11 Å². The normalized spacial score (nSPS) is 15.9. The Kier molecular flexibility index (Phi) is 6.91. The number of thioether (sulfide) groups is 1. The first-order chi connectivity index (χ1) is 9.81. The number of aryl methyl sites for hydroxylation is 2. The molecule has 1 aromatic rings. The molecule has 3 heteroatoms. The van der Waals surface area contributed by atoms with Crippen LogP contribution >= 0.6 is 11.8 Å². The molecule has 2 rings (SSSR count). The summed E-state index contributed by atoms with van der Waals surface area (Å²) >= 11 is 1.92. The average molecular weight is 293 g/mol. The van der Waals surface area contributed by atoms with Crippen LogP contribution in [0.25, 0.3) is 0 Å². The first-order valence-corrected chi connectivity index (χ1v) is 9.00. The van der Waals surface area contributed by atoms with Gasteiger partial charge in [-0.05, 0) is 61.5 Å². The van der Waals surface area contributed by atoms with Crippen molar-refractivity contribution in [2.24, 2.45) is 0 Å². The molecule has 0 aromatic heterocycles. The summed E-state index contributed by atoms with van der Waals surface area (Å²) in [6, 6.07) is 7.46. The van der Waals surface area contributed by atoms with Gasteiger partial charge in [0.15, 0.2) is 0 Å². The monoisotopic (exact) mass is 293 g/mol. The predicted molar refractivity (Wildman–Crippen MR) is 88.5 cm³/mol. The van der Waals surface area contributed by atoms with Crippen LogP contribution in [0.15, 0.2) is 18.2 Å². The minimum absolute atomic E-state index is 0.311. The Morgan fingerprint density at radius 2 is 2.00 bits per heavy atom. The van der Waals surface area contributed by atoms with Gasteiger partial charge in [0.2, 0.25) is 0 Å². The largest absolute Gasteiger partial charge is 0.396 e. The fourth-order valence-corrected chi connectivity index (χ4v) is 3.56. The fourth-order valence-electron chi connectivity index (χ4n) is 2.76. The van der Waals surface area contributed by atoms with E-state index in [4.69, 9.17) is 5.11 Å². The average Bonchev–Trinajstić information content (AvgIpc) is 2.50. The number of benzene rings is 1. The highest BCUT2D eigenvalue weighted by atomic mass is 32.2. The van der Waals surface area contributed by atoms with E-state index in [0.29, 0.717) is 12.6 Å². The van der Waals surface area contributed by atoms with E-state index in [1.165, 1.54) is 31.2 Å². The summed E-state index contributed by atoms with van der Waals surface area (Å²) in [4.78, 5) is 0. The minimum Gasteiger partial charge on any atom is -0.396 e. The van der Waals surface area contributed by atoms with Crippen LogP contribution in [0.4, 0.5) is 0 Å². The Balaban J connectivity index is 1.76. The number of fused-ring (bicyclic) bond motifs is 1. The van der Waals surface area contributed by atoms with Gasteiger partial charge in [0.05, 0.1) is 0 Å². The summed E-state index contributed by atoms with van der Waals surface area (Å²) in [5, 5.41) is 12.3. The lowest BCUT2D eigenvalue weighted by atomic mass is 9.89. The van der Waals surface area contributed by atoms with Crippen molar-refractivity contribution in [1.29, 1.82) is 0 Å². The third-order valence-electron chi connectivity index (χ3n) is 4.02. The molecule has 2 N–H and O–H groups in total. The molecule has 1 aliphatic carbocycles. The van der Waals surface area contributed by atoms with E-state index in [2.05, 4.69) is 30.4 Å². The first-order valence-electron chi connectivity index (χ1n) is 7.85. The van der Waals surface area contributed by atoms with Gasteiger partial charge in [-0.2, -0.15) is 11.8 Å². The second kappa shape index (κ2) is 8.71. The van der Waals surface area contributed by atoms with E-state index in [1.54, 1.807) is 11.1 Å². The topological polar surface area (TPSA) is 32.3 Å². The van der Waals surface area contributed by atoms with Gasteiger partial charge in [-0.15, -0.1) is 0 Å². The molecule has 0 heterocycles. The number of rotatable bonds is 8. The zero-order valence-electron chi connectivity index (χ0n) is 12.5. The highest BCUT2D eigenvalue weighted by Gasteiger charge is 2.11. The summed E-state index contributed by atoms with van der Waals surface area (Å²) in [6.45, 7) is 3.60. The van der Waals surface area contributed by atoms with Crippen LogP contribution in [0.2, 0.25) is 0 Å². The summed E-state index contributed by atoms with van der Waals surface area (Å²) < 4.78 is 0. The van der Waals surface area contributed by atoms with Crippen molar-refractivity contribution >= 4 is 11.8 Å². The van der Waals surface area contributed by atoms with Crippen molar-refractivity contribution in [1.82, 2.24) is 5.32 Å². The minimum atomic E-state index is 0.311. The van der Waals surface area contributed by atoms with Crippen LogP contribution < -0.4 is 5.32 Å². The molecule has 1 unspecified atom stereocenters. The third kappa shape index (κ3) is 4.80. The molecule has 20 heavy (non-hydrogen) atoms. The maximum Gasteiger partial charge on any atom is 0.0438 e. The molecule has 0 saturated carbocycles. The lowest BCUT2D eigenvalue weighted by Crippen LogP contribution is -2.22. The van der Waals surface area contributed by atoms with Crippen molar-refractivity contribution in [2.45, 2.75) is 45.1 Å². The summed E-state index contributed by atoms with van der Waals surface area (Å²) in [5.74, 6) is 2.18. The second-order valence-corrected chi connectivity index (χ2v) is 6.83. The van der Waals surface area contributed by atoms with Gasteiger partial charge in [-0.1, -0.05) is 18.2 Å². The second-order valence-electron chi connectivity index (χ2n) is 5.60. The fraction of sp³-hybridized carbons (Fsp3) is 0.647. The molecule has 0 saturated heterocycles. The van der Waals surface area contributed by atoms with Gasteiger partial charge >= 0.3 is 0 Å². The van der Waals surface area contributed by atoms with E-state index in [9.17, 15) is 0 Å². The molecule has 0 aliphatic heterocycles. The Bertz CT molecular complexity index is 408. The van der Waals surface area contributed by atoms with Gasteiger partial charge in [0, 0.05) is 24.9 Å². The molecular formula is C17H27NOS. The van der Waals surface area contributed by atoms with Crippen molar-refractivity contribution in [3.63, 3.8) is 0 Å². The van der Waals surface area contributed by atoms with Crippen LogP contribution in [-0.4, -0.2) is 29.8 Å². The standard InChI is InChI=1S/C17H27NOS/c1-14(18-9-12-20-11-4-10-19)16-8-7-15-5-2-3-6-17(15)13-16/h7-8,13-14,18-19H,2-6,9-12H2,1H3. The molecular weight excluding hydrogens is 266 g/mol. The van der Waals surface area contributed by atoms with Gasteiger partial charge in [0.25, 0.3) is 0 Å². The molecule has 0 radical (unpaired) electrons. The maximum atomic E-state index is 8.73. The van der Waals surface area contributed by atoms with E-state index in [-0.39, 0.29) is 0 Å². The molecule has 1 aliphatic rings. The van der Waals surface area contributed by atoms with E-state index in [1.807, 2.05) is 11.8 Å². The number of hydrogen-bond donors (Lipinski definition) is 2. The number of aliphatic hydroxyl groups is 1. The van der Waals surface area contributed by atoms with E-state index < -0.39 is 0 Å². The van der Waals surface area contributed by atoms with Gasteiger partial charge in [0.1, 0.15) is 0 Å². The zero-order chi connectivity index (χ0) is 14.2. The van der Waals surface area contributed by atoms with E-state index in [0.717, 1.165) is 24.5 Å². The zero-order valence-corrected chi connectivity index (χ0v) is 13.3. The number of hydrogen-bond acceptors (Lipinski definition) is 3. The predicted octanol–water partition coefficient (Wildman–Crippen LogP) is 3.33. The third-order valence-corrected chi connectivity index (χ3v) is 5.09. The van der Waals surface area contributed by atoms with Crippen LogP contribution in [0.3, 0.4) is 0 Å². The molecule has 112 valence electrons. The maximum absolute atomic E-state index is 8.73. The highest BCUT2D eigenvalue weighted by molar-refractivity contribution is 7.99. The quantitative estimate of drug-likeness (QED) is 0.721. The van der Waals surface area contributed by atoms with Crippen LogP contribution in [0, 0.1) is 0 Å². The molecule has 1 aromatic carbocycles. The summed E-state index contributed by atoms with van der Waals surface area (Å²) in [7, 11) is 0. The Morgan fingerprint density at radius 3 is 2.80 bits per heavy atom. The van der Waals surface area contributed by atoms with E-state index >= 15 is 0 Å². The van der Waals surface area contributed by atoms with Crippen LogP contribution in [0.1, 0.15) is 48.9 Å². The number of nitrogens with one attached hydrogen (secondary N) is 1. The Morgan fingerprint density at radius 1 is 1.20 bits per heavy atom. The molecule has 0 fully saturated rings. The van der Waals surface area contributed by atoms with Crippen molar-refractivity contribution in [3.05, 3.63) is 34.9 Å².